The highest BCUT2D eigenvalue weighted by Crippen LogP contribution is 2.24. The summed E-state index contributed by atoms with van der Waals surface area (Å²) in [5.41, 5.74) is 5.16. The minimum atomic E-state index is 0.0558. The third-order valence-corrected chi connectivity index (χ3v) is 4.45. The van der Waals surface area contributed by atoms with E-state index in [0.29, 0.717) is 10.6 Å². The number of hydrogen-bond acceptors (Lipinski definition) is 1. The fraction of sp³-hybridized carbons (Fsp3) is 0.278. The predicted octanol–water partition coefficient (Wildman–Crippen LogP) is 4.76. The Labute approximate surface area is 124 Å². The second-order valence-electron chi connectivity index (χ2n) is 5.48. The van der Waals surface area contributed by atoms with E-state index in [1.807, 2.05) is 25.1 Å². The molecule has 0 spiro atoms. The summed E-state index contributed by atoms with van der Waals surface area (Å²) in [5.74, 6) is 0.0558. The predicted molar refractivity (Wildman–Crippen MR) is 82.7 cm³/mol. The third kappa shape index (κ3) is 2.51. The van der Waals surface area contributed by atoms with E-state index in [9.17, 15) is 4.79 Å². The number of aryl methyl sites for hydroxylation is 3. The van der Waals surface area contributed by atoms with Gasteiger partial charge in [-0.3, -0.25) is 4.79 Å². The Morgan fingerprint density at radius 1 is 0.950 bits per heavy atom. The Bertz CT molecular complexity index is 673. The van der Waals surface area contributed by atoms with Gasteiger partial charge in [-0.25, -0.2) is 0 Å². The fourth-order valence-electron chi connectivity index (χ4n) is 2.78. The zero-order valence-corrected chi connectivity index (χ0v) is 12.3. The van der Waals surface area contributed by atoms with Crippen LogP contribution in [0.15, 0.2) is 36.4 Å². The van der Waals surface area contributed by atoms with Crippen molar-refractivity contribution in [2.75, 3.05) is 0 Å². The van der Waals surface area contributed by atoms with E-state index >= 15 is 0 Å². The Hall–Kier alpha value is -1.60. The molecule has 1 aliphatic rings. The summed E-state index contributed by atoms with van der Waals surface area (Å²) in [4.78, 5) is 12.5. The van der Waals surface area contributed by atoms with E-state index in [0.717, 1.165) is 24.0 Å². The van der Waals surface area contributed by atoms with Crippen LogP contribution in [0, 0.1) is 6.92 Å². The fourth-order valence-corrected chi connectivity index (χ4v) is 2.96. The molecule has 2 heteroatoms. The SMILES string of the molecule is Cc1ccc(C(=O)c2ccc3c(c2)CCCC3)cc1Cl. The van der Waals surface area contributed by atoms with Gasteiger partial charge in [0.1, 0.15) is 0 Å². The summed E-state index contributed by atoms with van der Waals surface area (Å²) in [6.45, 7) is 1.94. The van der Waals surface area contributed by atoms with E-state index < -0.39 is 0 Å². The van der Waals surface area contributed by atoms with Crippen LogP contribution in [0.2, 0.25) is 5.02 Å². The maximum Gasteiger partial charge on any atom is 0.193 e. The molecule has 0 N–H and O–H groups in total. The van der Waals surface area contributed by atoms with Crippen molar-refractivity contribution in [3.63, 3.8) is 0 Å². The Morgan fingerprint density at radius 3 is 2.35 bits per heavy atom. The Balaban J connectivity index is 1.95. The topological polar surface area (TPSA) is 17.1 Å². The third-order valence-electron chi connectivity index (χ3n) is 4.04. The maximum atomic E-state index is 12.5. The lowest BCUT2D eigenvalue weighted by Crippen LogP contribution is -2.07. The van der Waals surface area contributed by atoms with Gasteiger partial charge in [0.15, 0.2) is 5.78 Å². The van der Waals surface area contributed by atoms with Gasteiger partial charge in [0.05, 0.1) is 0 Å². The molecule has 0 aromatic heterocycles. The van der Waals surface area contributed by atoms with Crippen molar-refractivity contribution < 1.29 is 4.79 Å². The summed E-state index contributed by atoms with van der Waals surface area (Å²) >= 11 is 6.11. The summed E-state index contributed by atoms with van der Waals surface area (Å²) in [6, 6.07) is 11.6. The lowest BCUT2D eigenvalue weighted by atomic mass is 9.89. The maximum absolute atomic E-state index is 12.5. The number of fused-ring (bicyclic) bond motifs is 1. The molecule has 0 unspecified atom stereocenters. The number of carbonyl (C=O) groups excluding carboxylic acids is 1. The van der Waals surface area contributed by atoms with Gasteiger partial charge in [0, 0.05) is 16.1 Å². The minimum absolute atomic E-state index is 0.0558. The van der Waals surface area contributed by atoms with Crippen LogP contribution in [0.1, 0.15) is 45.5 Å². The minimum Gasteiger partial charge on any atom is -0.289 e. The van der Waals surface area contributed by atoms with E-state index in [4.69, 9.17) is 11.6 Å². The zero-order valence-electron chi connectivity index (χ0n) is 11.6. The first-order chi connectivity index (χ1) is 9.65. The van der Waals surface area contributed by atoms with E-state index in [1.54, 1.807) is 6.07 Å². The van der Waals surface area contributed by atoms with Crippen LogP contribution in [0.4, 0.5) is 0 Å². The van der Waals surface area contributed by atoms with Crippen molar-refractivity contribution in [3.05, 3.63) is 69.2 Å². The lowest BCUT2D eigenvalue weighted by molar-refractivity contribution is 0.103. The van der Waals surface area contributed by atoms with Crippen LogP contribution in [0.3, 0.4) is 0 Å². The van der Waals surface area contributed by atoms with Crippen LogP contribution in [-0.2, 0) is 12.8 Å². The van der Waals surface area contributed by atoms with Crippen molar-refractivity contribution in [3.8, 4) is 0 Å². The number of benzene rings is 2. The van der Waals surface area contributed by atoms with Gasteiger partial charge in [-0.15, -0.1) is 0 Å². The average molecular weight is 285 g/mol. The van der Waals surface area contributed by atoms with Gasteiger partial charge >= 0.3 is 0 Å². The standard InChI is InChI=1S/C18H17ClO/c1-12-6-7-16(11-17(12)19)18(20)15-9-8-13-4-2-3-5-14(13)10-15/h6-11H,2-5H2,1H3. The molecule has 0 radical (unpaired) electrons. The smallest absolute Gasteiger partial charge is 0.193 e. The molecule has 0 atom stereocenters. The van der Waals surface area contributed by atoms with Crippen molar-refractivity contribution in [1.29, 1.82) is 0 Å². The van der Waals surface area contributed by atoms with Gasteiger partial charge in [-0.2, -0.15) is 0 Å². The lowest BCUT2D eigenvalue weighted by Gasteiger charge is -2.16. The van der Waals surface area contributed by atoms with Gasteiger partial charge in [0.2, 0.25) is 0 Å². The molecule has 0 saturated carbocycles. The molecule has 0 aliphatic heterocycles. The van der Waals surface area contributed by atoms with Crippen LogP contribution in [0.25, 0.3) is 0 Å². The van der Waals surface area contributed by atoms with Crippen molar-refractivity contribution in [2.45, 2.75) is 32.6 Å². The van der Waals surface area contributed by atoms with E-state index in [-0.39, 0.29) is 5.78 Å². The number of rotatable bonds is 2. The first-order valence-electron chi connectivity index (χ1n) is 7.08. The molecule has 20 heavy (non-hydrogen) atoms. The van der Waals surface area contributed by atoms with E-state index in [1.165, 1.54) is 24.0 Å². The highest BCUT2D eigenvalue weighted by atomic mass is 35.5. The average Bonchev–Trinajstić information content (AvgIpc) is 2.49. The first-order valence-corrected chi connectivity index (χ1v) is 7.45. The van der Waals surface area contributed by atoms with Gasteiger partial charge in [-0.1, -0.05) is 35.9 Å². The molecule has 1 nitrogen and oxygen atoms in total. The van der Waals surface area contributed by atoms with Crippen LogP contribution >= 0.6 is 11.6 Å². The van der Waals surface area contributed by atoms with Crippen LogP contribution in [0.5, 0.6) is 0 Å². The second-order valence-corrected chi connectivity index (χ2v) is 5.89. The number of hydrogen-bond donors (Lipinski definition) is 0. The van der Waals surface area contributed by atoms with Gasteiger partial charge < -0.3 is 0 Å². The molecular weight excluding hydrogens is 268 g/mol. The molecule has 2 aromatic carbocycles. The second kappa shape index (κ2) is 5.41. The highest BCUT2D eigenvalue weighted by Gasteiger charge is 2.14. The molecule has 0 heterocycles. The first kappa shape index (κ1) is 13.4. The molecule has 0 amide bonds. The van der Waals surface area contributed by atoms with Crippen LogP contribution < -0.4 is 0 Å². The normalized spacial score (nSPS) is 13.9. The van der Waals surface area contributed by atoms with Gasteiger partial charge in [0.25, 0.3) is 0 Å². The Morgan fingerprint density at radius 2 is 1.60 bits per heavy atom. The van der Waals surface area contributed by atoms with E-state index in [2.05, 4.69) is 12.1 Å². The van der Waals surface area contributed by atoms with Crippen molar-refractivity contribution in [1.82, 2.24) is 0 Å². The summed E-state index contributed by atoms with van der Waals surface area (Å²) < 4.78 is 0. The molecule has 3 rings (SSSR count). The Kier molecular flexibility index (Phi) is 3.62. The monoisotopic (exact) mass is 284 g/mol. The summed E-state index contributed by atoms with van der Waals surface area (Å²) in [5, 5.41) is 0.647. The molecule has 0 saturated heterocycles. The number of carbonyl (C=O) groups is 1. The molecule has 0 fully saturated rings. The molecule has 2 aromatic rings. The molecular formula is C18H17ClO. The van der Waals surface area contributed by atoms with Crippen molar-refractivity contribution >= 4 is 17.4 Å². The zero-order chi connectivity index (χ0) is 14.1. The number of ketones is 1. The summed E-state index contributed by atoms with van der Waals surface area (Å²) in [7, 11) is 0. The van der Waals surface area contributed by atoms with Gasteiger partial charge in [-0.05, 0) is 61.4 Å². The van der Waals surface area contributed by atoms with Crippen LogP contribution in [-0.4, -0.2) is 5.78 Å². The summed E-state index contributed by atoms with van der Waals surface area (Å²) in [6.07, 6.45) is 4.71. The molecule has 0 bridgehead atoms. The molecule has 1 aliphatic carbocycles. The quantitative estimate of drug-likeness (QED) is 0.727. The highest BCUT2D eigenvalue weighted by molar-refractivity contribution is 6.31. The largest absolute Gasteiger partial charge is 0.289 e. The molecule has 102 valence electrons. The number of halogens is 1. The van der Waals surface area contributed by atoms with Crippen molar-refractivity contribution in [2.24, 2.45) is 0 Å².